The van der Waals surface area contributed by atoms with E-state index in [9.17, 15) is 4.39 Å². The van der Waals surface area contributed by atoms with E-state index in [4.69, 9.17) is 4.74 Å². The number of aryl methyl sites for hydroxylation is 1. The van der Waals surface area contributed by atoms with Gasteiger partial charge in [-0.2, -0.15) is 0 Å². The number of benzene rings is 2. The minimum atomic E-state index is -0.212. The maximum atomic E-state index is 13.7. The number of ether oxygens (including phenoxy) is 1. The molecule has 98 valence electrons. The molecule has 19 heavy (non-hydrogen) atoms. The van der Waals surface area contributed by atoms with E-state index in [1.54, 1.807) is 6.07 Å². The van der Waals surface area contributed by atoms with Gasteiger partial charge in [-0.05, 0) is 36.2 Å². The molecule has 1 aliphatic rings. The van der Waals surface area contributed by atoms with E-state index in [-0.39, 0.29) is 11.9 Å². The average molecular weight is 257 g/mol. The van der Waals surface area contributed by atoms with Gasteiger partial charge in [0.2, 0.25) is 0 Å². The molecular weight excluding hydrogens is 241 g/mol. The lowest BCUT2D eigenvalue weighted by atomic mass is 10.1. The Hall–Kier alpha value is -2.03. The summed E-state index contributed by atoms with van der Waals surface area (Å²) in [5.74, 6) is 0.731. The van der Waals surface area contributed by atoms with Gasteiger partial charge < -0.3 is 10.1 Å². The Morgan fingerprint density at radius 1 is 1.26 bits per heavy atom. The third-order valence-corrected chi connectivity index (χ3v) is 3.36. The van der Waals surface area contributed by atoms with Crippen LogP contribution < -0.4 is 10.1 Å². The molecule has 1 atom stereocenters. The molecule has 0 radical (unpaired) electrons. The minimum absolute atomic E-state index is 0.0677. The highest BCUT2D eigenvalue weighted by Gasteiger charge is 2.22. The van der Waals surface area contributed by atoms with E-state index >= 15 is 0 Å². The predicted octanol–water partition coefficient (Wildman–Crippen LogP) is 3.55. The van der Waals surface area contributed by atoms with Crippen molar-refractivity contribution in [1.29, 1.82) is 0 Å². The van der Waals surface area contributed by atoms with Crippen LogP contribution in [-0.4, -0.2) is 12.6 Å². The number of hydrogen-bond donors (Lipinski definition) is 1. The second kappa shape index (κ2) is 4.92. The van der Waals surface area contributed by atoms with Gasteiger partial charge in [-0.25, -0.2) is 4.39 Å². The van der Waals surface area contributed by atoms with Crippen molar-refractivity contribution in [2.45, 2.75) is 19.4 Å². The van der Waals surface area contributed by atoms with E-state index < -0.39 is 0 Å². The minimum Gasteiger partial charge on any atom is -0.488 e. The van der Waals surface area contributed by atoms with Crippen LogP contribution in [0.5, 0.6) is 5.75 Å². The Kier molecular flexibility index (Phi) is 3.11. The lowest BCUT2D eigenvalue weighted by Crippen LogP contribution is -2.24. The molecule has 1 aliphatic heterocycles. The summed E-state index contributed by atoms with van der Waals surface area (Å²) in [7, 11) is 0. The van der Waals surface area contributed by atoms with Gasteiger partial charge in [0, 0.05) is 6.42 Å². The highest BCUT2D eigenvalue weighted by molar-refractivity contribution is 5.46. The Morgan fingerprint density at radius 2 is 2.11 bits per heavy atom. The fourth-order valence-electron chi connectivity index (χ4n) is 2.36. The van der Waals surface area contributed by atoms with Crippen LogP contribution in [0.2, 0.25) is 0 Å². The quantitative estimate of drug-likeness (QED) is 0.908. The molecule has 1 unspecified atom stereocenters. The van der Waals surface area contributed by atoms with Gasteiger partial charge in [0.1, 0.15) is 17.7 Å². The van der Waals surface area contributed by atoms with E-state index in [2.05, 4.69) is 11.4 Å². The van der Waals surface area contributed by atoms with E-state index in [1.165, 1.54) is 11.6 Å². The molecule has 1 heterocycles. The summed E-state index contributed by atoms with van der Waals surface area (Å²) < 4.78 is 19.5. The molecule has 3 rings (SSSR count). The van der Waals surface area contributed by atoms with Crippen molar-refractivity contribution in [2.75, 3.05) is 11.9 Å². The number of anilines is 1. The number of hydrogen-bond acceptors (Lipinski definition) is 2. The molecule has 0 fully saturated rings. The molecule has 2 aromatic rings. The molecule has 0 saturated heterocycles. The molecule has 1 N–H and O–H groups in total. The largest absolute Gasteiger partial charge is 0.488 e. The smallest absolute Gasteiger partial charge is 0.146 e. The summed E-state index contributed by atoms with van der Waals surface area (Å²) in [6, 6.07) is 13.2. The summed E-state index contributed by atoms with van der Waals surface area (Å²) in [6.45, 7) is 2.48. The molecule has 0 saturated carbocycles. The van der Waals surface area contributed by atoms with E-state index in [0.717, 1.165) is 17.7 Å². The van der Waals surface area contributed by atoms with Crippen LogP contribution >= 0.6 is 0 Å². The van der Waals surface area contributed by atoms with Crippen molar-refractivity contribution < 1.29 is 9.13 Å². The average Bonchev–Trinajstić information content (AvgIpc) is 2.80. The Bertz CT molecular complexity index is 572. The zero-order valence-electron chi connectivity index (χ0n) is 10.8. The molecule has 2 aromatic carbocycles. The molecule has 0 aromatic heterocycles. The Labute approximate surface area is 112 Å². The first-order chi connectivity index (χ1) is 9.22. The number of fused-ring (bicyclic) bond motifs is 1. The van der Waals surface area contributed by atoms with Crippen LogP contribution in [0.15, 0.2) is 42.5 Å². The maximum absolute atomic E-state index is 13.7. The lowest BCUT2D eigenvalue weighted by molar-refractivity contribution is 0.246. The van der Waals surface area contributed by atoms with Crippen molar-refractivity contribution in [1.82, 2.24) is 0 Å². The van der Waals surface area contributed by atoms with E-state index in [1.807, 2.05) is 31.2 Å². The second-order valence-electron chi connectivity index (χ2n) is 4.92. The van der Waals surface area contributed by atoms with Gasteiger partial charge in [0.05, 0.1) is 12.2 Å². The van der Waals surface area contributed by atoms with Crippen molar-refractivity contribution in [3.8, 4) is 5.75 Å². The Balaban J connectivity index is 1.63. The SMILES string of the molecule is Cc1ccc(NCC2Cc3ccccc3O2)c(F)c1. The van der Waals surface area contributed by atoms with Crippen molar-refractivity contribution in [2.24, 2.45) is 0 Å². The highest BCUT2D eigenvalue weighted by Crippen LogP contribution is 2.28. The molecule has 0 spiro atoms. The summed E-state index contributed by atoms with van der Waals surface area (Å²) in [5.41, 5.74) is 2.68. The third kappa shape index (κ3) is 2.55. The van der Waals surface area contributed by atoms with Gasteiger partial charge in [-0.15, -0.1) is 0 Å². The predicted molar refractivity (Wildman–Crippen MR) is 74.2 cm³/mol. The van der Waals surface area contributed by atoms with Crippen LogP contribution in [0.1, 0.15) is 11.1 Å². The number of nitrogens with one attached hydrogen (secondary N) is 1. The first kappa shape index (κ1) is 12.0. The summed E-state index contributed by atoms with van der Waals surface area (Å²) in [4.78, 5) is 0. The topological polar surface area (TPSA) is 21.3 Å². The van der Waals surface area contributed by atoms with E-state index in [0.29, 0.717) is 12.2 Å². The van der Waals surface area contributed by atoms with Crippen LogP contribution in [0.3, 0.4) is 0 Å². The van der Waals surface area contributed by atoms with Crippen LogP contribution in [-0.2, 0) is 6.42 Å². The molecule has 3 heteroatoms. The van der Waals surface area contributed by atoms with Crippen molar-refractivity contribution in [3.05, 3.63) is 59.4 Å². The molecule has 0 aliphatic carbocycles. The molecular formula is C16H16FNO. The standard InChI is InChI=1S/C16H16FNO/c1-11-6-7-15(14(17)8-11)18-10-13-9-12-4-2-3-5-16(12)19-13/h2-8,13,18H,9-10H2,1H3. The van der Waals surface area contributed by atoms with Gasteiger partial charge in [0.15, 0.2) is 0 Å². The van der Waals surface area contributed by atoms with Gasteiger partial charge in [0.25, 0.3) is 0 Å². The maximum Gasteiger partial charge on any atom is 0.146 e. The van der Waals surface area contributed by atoms with Crippen LogP contribution in [0.4, 0.5) is 10.1 Å². The molecule has 0 amide bonds. The van der Waals surface area contributed by atoms with Gasteiger partial charge >= 0.3 is 0 Å². The second-order valence-corrected chi connectivity index (χ2v) is 4.92. The fourth-order valence-corrected chi connectivity index (χ4v) is 2.36. The van der Waals surface area contributed by atoms with Crippen LogP contribution in [0, 0.1) is 12.7 Å². The zero-order valence-corrected chi connectivity index (χ0v) is 10.8. The number of para-hydroxylation sites is 1. The lowest BCUT2D eigenvalue weighted by Gasteiger charge is -2.13. The van der Waals surface area contributed by atoms with Gasteiger partial charge in [-0.1, -0.05) is 24.3 Å². The summed E-state index contributed by atoms with van der Waals surface area (Å²) >= 11 is 0. The zero-order chi connectivity index (χ0) is 13.2. The monoisotopic (exact) mass is 257 g/mol. The summed E-state index contributed by atoms with van der Waals surface area (Å²) in [6.07, 6.45) is 0.939. The third-order valence-electron chi connectivity index (χ3n) is 3.36. The number of rotatable bonds is 3. The Morgan fingerprint density at radius 3 is 2.89 bits per heavy atom. The van der Waals surface area contributed by atoms with Crippen LogP contribution in [0.25, 0.3) is 0 Å². The summed E-state index contributed by atoms with van der Waals surface area (Å²) in [5, 5.41) is 3.12. The van der Waals surface area contributed by atoms with Crippen molar-refractivity contribution in [3.63, 3.8) is 0 Å². The normalized spacial score (nSPS) is 16.8. The molecule has 2 nitrogen and oxygen atoms in total. The first-order valence-corrected chi connectivity index (χ1v) is 6.47. The molecule has 0 bridgehead atoms. The van der Waals surface area contributed by atoms with Gasteiger partial charge in [-0.3, -0.25) is 0 Å². The number of halogens is 1. The first-order valence-electron chi connectivity index (χ1n) is 6.47. The van der Waals surface area contributed by atoms with Crippen molar-refractivity contribution >= 4 is 5.69 Å². The highest BCUT2D eigenvalue weighted by atomic mass is 19.1. The fraction of sp³-hybridized carbons (Fsp3) is 0.250.